The molecule has 0 radical (unpaired) electrons. The molecular weight excluding hydrogens is 384 g/mol. The summed E-state index contributed by atoms with van der Waals surface area (Å²) in [5, 5.41) is 8.39. The molecule has 3 heterocycles. The summed E-state index contributed by atoms with van der Waals surface area (Å²) in [7, 11) is 0.118. The molecule has 1 fully saturated rings. The number of aromatic nitrogens is 3. The van der Waals surface area contributed by atoms with Crippen LogP contribution in [0.25, 0.3) is 11.1 Å². The summed E-state index contributed by atoms with van der Waals surface area (Å²) in [5.41, 5.74) is 0.689. The van der Waals surface area contributed by atoms with Gasteiger partial charge >= 0.3 is 5.76 Å². The van der Waals surface area contributed by atoms with Crippen LogP contribution in [-0.2, 0) is 10.0 Å². The van der Waals surface area contributed by atoms with Gasteiger partial charge in [-0.25, -0.2) is 13.2 Å². The molecule has 0 unspecified atom stereocenters. The molecule has 0 atom stereocenters. The van der Waals surface area contributed by atoms with Gasteiger partial charge in [0.2, 0.25) is 10.0 Å². The number of sulfonamides is 1. The van der Waals surface area contributed by atoms with E-state index >= 15 is 0 Å². The highest BCUT2D eigenvalue weighted by Gasteiger charge is 2.29. The molecule has 1 aromatic carbocycles. The molecule has 1 aliphatic heterocycles. The van der Waals surface area contributed by atoms with Crippen molar-refractivity contribution >= 4 is 32.8 Å². The van der Waals surface area contributed by atoms with E-state index in [1.165, 1.54) is 22.5 Å². The molecule has 0 saturated carbocycles. The molecular formula is C17H20N6O4S. The van der Waals surface area contributed by atoms with Crippen molar-refractivity contribution in [2.24, 2.45) is 0 Å². The van der Waals surface area contributed by atoms with Gasteiger partial charge in [0.1, 0.15) is 0 Å². The molecule has 0 amide bonds. The third-order valence-corrected chi connectivity index (χ3v) is 6.58. The van der Waals surface area contributed by atoms with Gasteiger partial charge in [0.05, 0.1) is 10.4 Å². The number of hydrogen-bond donors (Lipinski definition) is 1. The van der Waals surface area contributed by atoms with Crippen LogP contribution in [0.5, 0.6) is 0 Å². The predicted octanol–water partition coefficient (Wildman–Crippen LogP) is 0.488. The first-order valence-electron chi connectivity index (χ1n) is 8.73. The summed E-state index contributed by atoms with van der Waals surface area (Å²) >= 11 is 0. The summed E-state index contributed by atoms with van der Waals surface area (Å²) < 4.78 is 32.3. The summed E-state index contributed by atoms with van der Waals surface area (Å²) in [6.07, 6.45) is 0. The van der Waals surface area contributed by atoms with Gasteiger partial charge in [0.25, 0.3) is 0 Å². The standard InChI is InChI=1S/C17H20N6O4S/c1-21(2)15-5-6-16(20-19-15)22-7-9-23(10-8-22)28(25,26)12-3-4-14-13(11-12)18-17(24)27-14/h3-6,11H,7-10H2,1-2H3,(H,18,24). The minimum absolute atomic E-state index is 0.126. The quantitative estimate of drug-likeness (QED) is 0.668. The Morgan fingerprint density at radius 3 is 2.46 bits per heavy atom. The molecule has 0 aliphatic carbocycles. The number of oxazole rings is 1. The molecule has 4 rings (SSSR count). The van der Waals surface area contributed by atoms with E-state index in [0.717, 1.165) is 11.6 Å². The summed E-state index contributed by atoms with van der Waals surface area (Å²) in [4.78, 5) is 17.8. The van der Waals surface area contributed by atoms with E-state index in [9.17, 15) is 13.2 Å². The van der Waals surface area contributed by atoms with E-state index in [-0.39, 0.29) is 4.90 Å². The van der Waals surface area contributed by atoms with Gasteiger partial charge in [-0.05, 0) is 30.3 Å². The highest BCUT2D eigenvalue weighted by Crippen LogP contribution is 2.23. The third kappa shape index (κ3) is 3.34. The van der Waals surface area contributed by atoms with Crippen molar-refractivity contribution in [1.29, 1.82) is 0 Å². The van der Waals surface area contributed by atoms with Gasteiger partial charge in [0, 0.05) is 40.3 Å². The number of nitrogens with zero attached hydrogens (tertiary/aromatic N) is 5. The Morgan fingerprint density at radius 2 is 1.82 bits per heavy atom. The number of nitrogens with one attached hydrogen (secondary N) is 1. The zero-order valence-electron chi connectivity index (χ0n) is 15.5. The fraction of sp³-hybridized carbons (Fsp3) is 0.353. The van der Waals surface area contributed by atoms with E-state index in [1.54, 1.807) is 0 Å². The first kappa shape index (κ1) is 18.4. The first-order valence-corrected chi connectivity index (χ1v) is 10.2. The third-order valence-electron chi connectivity index (χ3n) is 4.69. The van der Waals surface area contributed by atoms with Gasteiger partial charge in [-0.2, -0.15) is 4.31 Å². The number of rotatable bonds is 4. The second-order valence-corrected chi connectivity index (χ2v) is 8.65. The van der Waals surface area contributed by atoms with Gasteiger partial charge < -0.3 is 14.2 Å². The maximum atomic E-state index is 13.0. The summed E-state index contributed by atoms with van der Waals surface area (Å²) in [6.45, 7) is 1.69. The molecule has 0 spiro atoms. The summed E-state index contributed by atoms with van der Waals surface area (Å²) in [6, 6.07) is 8.12. The van der Waals surface area contributed by atoms with Crippen LogP contribution in [-0.4, -0.2) is 68.2 Å². The lowest BCUT2D eigenvalue weighted by Gasteiger charge is -2.34. The maximum absolute atomic E-state index is 13.0. The van der Waals surface area contributed by atoms with Crippen LogP contribution in [0.2, 0.25) is 0 Å². The number of H-pyrrole nitrogens is 1. The predicted molar refractivity (Wildman–Crippen MR) is 104 cm³/mol. The largest absolute Gasteiger partial charge is 0.417 e. The highest BCUT2D eigenvalue weighted by atomic mass is 32.2. The molecule has 148 valence electrons. The molecule has 1 aliphatic rings. The Bertz CT molecular complexity index is 1140. The van der Waals surface area contributed by atoms with Crippen LogP contribution in [0.15, 0.2) is 44.4 Å². The number of aromatic amines is 1. The molecule has 2 aromatic heterocycles. The van der Waals surface area contributed by atoms with Crippen molar-refractivity contribution < 1.29 is 12.8 Å². The van der Waals surface area contributed by atoms with Crippen LogP contribution in [0.1, 0.15) is 0 Å². The second-order valence-electron chi connectivity index (χ2n) is 6.71. The average Bonchev–Trinajstić information content (AvgIpc) is 3.07. The van der Waals surface area contributed by atoms with Gasteiger partial charge in [-0.3, -0.25) is 4.98 Å². The number of piperazine rings is 1. The number of anilines is 2. The van der Waals surface area contributed by atoms with Crippen molar-refractivity contribution in [2.45, 2.75) is 4.90 Å². The van der Waals surface area contributed by atoms with Crippen molar-refractivity contribution in [1.82, 2.24) is 19.5 Å². The number of hydrogen-bond acceptors (Lipinski definition) is 8. The normalized spacial score (nSPS) is 15.9. The minimum Gasteiger partial charge on any atom is -0.408 e. The molecule has 10 nitrogen and oxygen atoms in total. The Hall–Kier alpha value is -2.92. The van der Waals surface area contributed by atoms with E-state index in [1.807, 2.05) is 36.0 Å². The Kier molecular flexibility index (Phi) is 4.55. The van der Waals surface area contributed by atoms with E-state index < -0.39 is 15.8 Å². The van der Waals surface area contributed by atoms with Gasteiger partial charge in [0.15, 0.2) is 17.2 Å². The molecule has 1 saturated heterocycles. The Balaban J connectivity index is 1.49. The lowest BCUT2D eigenvalue weighted by atomic mass is 10.3. The molecule has 1 N–H and O–H groups in total. The minimum atomic E-state index is -3.67. The van der Waals surface area contributed by atoms with E-state index in [0.29, 0.717) is 37.3 Å². The number of fused-ring (bicyclic) bond motifs is 1. The highest BCUT2D eigenvalue weighted by molar-refractivity contribution is 7.89. The van der Waals surface area contributed by atoms with Crippen LogP contribution in [0, 0.1) is 0 Å². The molecule has 3 aromatic rings. The fourth-order valence-corrected chi connectivity index (χ4v) is 4.57. The second kappa shape index (κ2) is 6.91. The molecule has 0 bridgehead atoms. The average molecular weight is 404 g/mol. The van der Waals surface area contributed by atoms with E-state index in [4.69, 9.17) is 4.42 Å². The molecule has 11 heteroatoms. The van der Waals surface area contributed by atoms with Gasteiger partial charge in [-0.15, -0.1) is 10.2 Å². The molecule has 28 heavy (non-hydrogen) atoms. The van der Waals surface area contributed by atoms with Crippen LogP contribution in [0.3, 0.4) is 0 Å². The van der Waals surface area contributed by atoms with Crippen LogP contribution < -0.4 is 15.6 Å². The smallest absolute Gasteiger partial charge is 0.408 e. The van der Waals surface area contributed by atoms with Crippen molar-refractivity contribution in [3.8, 4) is 0 Å². The van der Waals surface area contributed by atoms with Crippen LogP contribution >= 0.6 is 0 Å². The zero-order valence-corrected chi connectivity index (χ0v) is 16.3. The maximum Gasteiger partial charge on any atom is 0.417 e. The van der Waals surface area contributed by atoms with Crippen molar-refractivity contribution in [3.63, 3.8) is 0 Å². The van der Waals surface area contributed by atoms with Crippen LogP contribution in [0.4, 0.5) is 11.6 Å². The van der Waals surface area contributed by atoms with Crippen molar-refractivity contribution in [2.75, 3.05) is 50.1 Å². The SMILES string of the molecule is CN(C)c1ccc(N2CCN(S(=O)(=O)c3ccc4oc(=O)[nH]c4c3)CC2)nn1. The lowest BCUT2D eigenvalue weighted by molar-refractivity contribution is 0.383. The Morgan fingerprint density at radius 1 is 1.07 bits per heavy atom. The van der Waals surface area contributed by atoms with E-state index in [2.05, 4.69) is 15.2 Å². The lowest BCUT2D eigenvalue weighted by Crippen LogP contribution is -2.49. The Labute approximate surface area is 161 Å². The van der Waals surface area contributed by atoms with Crippen molar-refractivity contribution in [3.05, 3.63) is 40.9 Å². The monoisotopic (exact) mass is 404 g/mol. The topological polar surface area (TPSA) is 116 Å². The zero-order chi connectivity index (χ0) is 19.9. The fourth-order valence-electron chi connectivity index (χ4n) is 3.12. The number of benzene rings is 1. The van der Waals surface area contributed by atoms with Gasteiger partial charge in [-0.1, -0.05) is 0 Å². The first-order chi connectivity index (χ1) is 13.3. The summed E-state index contributed by atoms with van der Waals surface area (Å²) in [5.74, 6) is 0.872.